The van der Waals surface area contributed by atoms with Gasteiger partial charge in [0.2, 0.25) is 5.91 Å². The number of carbonyl (C=O) groups is 1. The van der Waals surface area contributed by atoms with Crippen molar-refractivity contribution in [2.24, 2.45) is 0 Å². The second-order valence-electron chi connectivity index (χ2n) is 7.07. The van der Waals surface area contributed by atoms with E-state index in [0.717, 1.165) is 26.1 Å². The normalized spacial score (nSPS) is 21.1. The van der Waals surface area contributed by atoms with Crippen molar-refractivity contribution in [3.05, 3.63) is 52.8 Å². The number of rotatable bonds is 2. The van der Waals surface area contributed by atoms with Crippen LogP contribution in [0.4, 0.5) is 10.1 Å². The van der Waals surface area contributed by atoms with E-state index < -0.39 is 5.82 Å². The summed E-state index contributed by atoms with van der Waals surface area (Å²) in [5.41, 5.74) is 3.56. The van der Waals surface area contributed by atoms with Crippen LogP contribution in [-0.2, 0) is 24.2 Å². The fraction of sp³-hybridized carbons (Fsp3) is 0.350. The molecule has 26 heavy (non-hydrogen) atoms. The summed E-state index contributed by atoms with van der Waals surface area (Å²) in [6.07, 6.45) is 1.01. The van der Waals surface area contributed by atoms with Crippen molar-refractivity contribution < 1.29 is 18.7 Å². The SMILES string of the molecule is O=C1Cc2c(c(F)cc3c2OC(CN2CCc4ccccc4C2)CO3)N1. The van der Waals surface area contributed by atoms with Gasteiger partial charge in [0.05, 0.1) is 12.1 Å². The molecule has 1 amide bonds. The van der Waals surface area contributed by atoms with E-state index in [4.69, 9.17) is 9.47 Å². The van der Waals surface area contributed by atoms with E-state index in [2.05, 4.69) is 34.5 Å². The average molecular weight is 354 g/mol. The Hall–Kier alpha value is -2.60. The molecule has 0 saturated heterocycles. The van der Waals surface area contributed by atoms with E-state index >= 15 is 0 Å². The van der Waals surface area contributed by atoms with Crippen molar-refractivity contribution in [3.63, 3.8) is 0 Å². The maximum atomic E-state index is 14.1. The van der Waals surface area contributed by atoms with Crippen LogP contribution in [-0.4, -0.2) is 36.6 Å². The molecule has 1 N–H and O–H groups in total. The first-order valence-corrected chi connectivity index (χ1v) is 8.91. The van der Waals surface area contributed by atoms with E-state index in [0.29, 0.717) is 23.7 Å². The van der Waals surface area contributed by atoms with E-state index in [-0.39, 0.29) is 24.1 Å². The highest BCUT2D eigenvalue weighted by molar-refractivity contribution is 6.00. The molecule has 2 aromatic rings. The zero-order chi connectivity index (χ0) is 17.7. The third kappa shape index (κ3) is 2.61. The van der Waals surface area contributed by atoms with Crippen molar-refractivity contribution in [3.8, 4) is 11.5 Å². The highest BCUT2D eigenvalue weighted by Gasteiger charge is 2.33. The summed E-state index contributed by atoms with van der Waals surface area (Å²) in [5.74, 6) is 0.205. The molecule has 1 atom stereocenters. The topological polar surface area (TPSA) is 50.8 Å². The molecule has 0 aliphatic carbocycles. The average Bonchev–Trinajstić information content (AvgIpc) is 3.05. The summed E-state index contributed by atoms with van der Waals surface area (Å²) in [4.78, 5) is 14.0. The zero-order valence-electron chi connectivity index (χ0n) is 14.3. The number of nitrogens with zero attached hydrogens (tertiary/aromatic N) is 1. The molecule has 134 valence electrons. The Morgan fingerprint density at radius 3 is 3.00 bits per heavy atom. The lowest BCUT2D eigenvalue weighted by atomic mass is 10.00. The first-order valence-electron chi connectivity index (χ1n) is 8.91. The zero-order valence-corrected chi connectivity index (χ0v) is 14.3. The van der Waals surface area contributed by atoms with E-state index in [1.807, 2.05) is 0 Å². The Labute approximate surface area is 150 Å². The number of halogens is 1. The van der Waals surface area contributed by atoms with Gasteiger partial charge in [-0.1, -0.05) is 24.3 Å². The second kappa shape index (κ2) is 5.99. The Morgan fingerprint density at radius 1 is 1.27 bits per heavy atom. The Bertz CT molecular complexity index is 899. The summed E-state index contributed by atoms with van der Waals surface area (Å²) in [7, 11) is 0. The molecule has 0 bridgehead atoms. The van der Waals surface area contributed by atoms with Crippen LogP contribution in [0.5, 0.6) is 11.5 Å². The summed E-state index contributed by atoms with van der Waals surface area (Å²) in [6, 6.07) is 9.80. The lowest BCUT2D eigenvalue weighted by molar-refractivity contribution is -0.115. The van der Waals surface area contributed by atoms with Crippen molar-refractivity contribution in [1.82, 2.24) is 4.90 Å². The number of fused-ring (bicyclic) bond motifs is 4. The molecule has 0 spiro atoms. The number of hydrogen-bond donors (Lipinski definition) is 1. The molecular formula is C20H19FN2O3. The van der Waals surface area contributed by atoms with Gasteiger partial charge in [0.15, 0.2) is 17.3 Å². The molecule has 0 radical (unpaired) electrons. The number of nitrogens with one attached hydrogen (secondary N) is 1. The lowest BCUT2D eigenvalue weighted by Gasteiger charge is -2.34. The minimum Gasteiger partial charge on any atom is -0.486 e. The van der Waals surface area contributed by atoms with Gasteiger partial charge in [0, 0.05) is 31.3 Å². The number of carbonyl (C=O) groups excluding carboxylic acids is 1. The van der Waals surface area contributed by atoms with Crippen LogP contribution in [0, 0.1) is 5.82 Å². The van der Waals surface area contributed by atoms with Crippen LogP contribution in [0.2, 0.25) is 0 Å². The van der Waals surface area contributed by atoms with Gasteiger partial charge in [0.1, 0.15) is 12.7 Å². The van der Waals surface area contributed by atoms with Gasteiger partial charge in [-0.15, -0.1) is 0 Å². The second-order valence-corrected chi connectivity index (χ2v) is 7.07. The fourth-order valence-corrected chi connectivity index (χ4v) is 4.01. The smallest absolute Gasteiger partial charge is 0.229 e. The molecule has 6 heteroatoms. The predicted molar refractivity (Wildman–Crippen MR) is 94.1 cm³/mol. The third-order valence-corrected chi connectivity index (χ3v) is 5.28. The Balaban J connectivity index is 1.34. The molecule has 5 rings (SSSR count). The monoisotopic (exact) mass is 354 g/mol. The van der Waals surface area contributed by atoms with Gasteiger partial charge in [0.25, 0.3) is 0 Å². The van der Waals surface area contributed by atoms with Crippen LogP contribution in [0.25, 0.3) is 0 Å². The standard InChI is InChI=1S/C20H19FN2O3/c21-16-8-17-20(15-7-18(24)22-19(15)16)26-14(11-25-17)10-23-6-5-12-3-1-2-4-13(12)9-23/h1-4,8,14H,5-7,9-11H2,(H,22,24). The van der Waals surface area contributed by atoms with Gasteiger partial charge in [-0.05, 0) is 17.5 Å². The van der Waals surface area contributed by atoms with Crippen molar-refractivity contribution in [1.29, 1.82) is 0 Å². The molecule has 0 fully saturated rings. The van der Waals surface area contributed by atoms with Gasteiger partial charge in [-0.3, -0.25) is 9.69 Å². The minimum absolute atomic E-state index is 0.128. The van der Waals surface area contributed by atoms with Crippen LogP contribution in [0.15, 0.2) is 30.3 Å². The number of hydrogen-bond acceptors (Lipinski definition) is 4. The molecule has 0 aromatic heterocycles. The molecule has 3 heterocycles. The quantitative estimate of drug-likeness (QED) is 0.900. The first kappa shape index (κ1) is 15.6. The Morgan fingerprint density at radius 2 is 2.12 bits per heavy atom. The summed E-state index contributed by atoms with van der Waals surface area (Å²) in [6.45, 7) is 2.99. The maximum absolute atomic E-state index is 14.1. The maximum Gasteiger partial charge on any atom is 0.229 e. The van der Waals surface area contributed by atoms with Crippen molar-refractivity contribution in [2.45, 2.75) is 25.5 Å². The van der Waals surface area contributed by atoms with E-state index in [1.165, 1.54) is 17.2 Å². The number of amides is 1. The molecule has 5 nitrogen and oxygen atoms in total. The molecule has 2 aromatic carbocycles. The van der Waals surface area contributed by atoms with Crippen LogP contribution in [0.1, 0.15) is 16.7 Å². The number of benzene rings is 2. The molecule has 0 saturated carbocycles. The predicted octanol–water partition coefficient (Wildman–Crippen LogP) is 2.52. The highest BCUT2D eigenvalue weighted by atomic mass is 19.1. The largest absolute Gasteiger partial charge is 0.486 e. The van der Waals surface area contributed by atoms with Crippen LogP contribution >= 0.6 is 0 Å². The molecular weight excluding hydrogens is 335 g/mol. The summed E-state index contributed by atoms with van der Waals surface area (Å²) >= 11 is 0. The van der Waals surface area contributed by atoms with Crippen molar-refractivity contribution >= 4 is 11.6 Å². The third-order valence-electron chi connectivity index (χ3n) is 5.28. The number of anilines is 1. The van der Waals surface area contributed by atoms with Crippen molar-refractivity contribution in [2.75, 3.05) is 25.0 Å². The van der Waals surface area contributed by atoms with Gasteiger partial charge >= 0.3 is 0 Å². The van der Waals surface area contributed by atoms with Gasteiger partial charge < -0.3 is 14.8 Å². The van der Waals surface area contributed by atoms with E-state index in [1.54, 1.807) is 0 Å². The molecule has 3 aliphatic heterocycles. The minimum atomic E-state index is -0.473. The van der Waals surface area contributed by atoms with Gasteiger partial charge in [-0.2, -0.15) is 0 Å². The highest BCUT2D eigenvalue weighted by Crippen LogP contribution is 2.43. The molecule has 3 aliphatic rings. The number of ether oxygens (including phenoxy) is 2. The first-order chi connectivity index (χ1) is 12.7. The molecule has 1 unspecified atom stereocenters. The van der Waals surface area contributed by atoms with Crippen LogP contribution < -0.4 is 14.8 Å². The fourth-order valence-electron chi connectivity index (χ4n) is 4.01. The Kier molecular flexibility index (Phi) is 3.60. The van der Waals surface area contributed by atoms with Crippen LogP contribution in [0.3, 0.4) is 0 Å². The lowest BCUT2D eigenvalue weighted by Crippen LogP contribution is -2.43. The van der Waals surface area contributed by atoms with Gasteiger partial charge in [-0.25, -0.2) is 4.39 Å². The summed E-state index contributed by atoms with van der Waals surface area (Å²) in [5, 5.41) is 2.56. The summed E-state index contributed by atoms with van der Waals surface area (Å²) < 4.78 is 26.0. The van der Waals surface area contributed by atoms with E-state index in [9.17, 15) is 9.18 Å².